The van der Waals surface area contributed by atoms with E-state index in [1.165, 1.54) is 0 Å². The minimum atomic E-state index is -1.88. The van der Waals surface area contributed by atoms with Crippen LogP contribution in [0.1, 0.15) is 31.1 Å². The summed E-state index contributed by atoms with van der Waals surface area (Å²) in [7, 11) is -1.88. The summed E-state index contributed by atoms with van der Waals surface area (Å²) in [6.45, 7) is 11.1. The Bertz CT molecular complexity index is 624. The fourth-order valence-corrected chi connectivity index (χ4v) is 3.95. The van der Waals surface area contributed by atoms with Crippen molar-refractivity contribution in [2.24, 2.45) is 0 Å². The van der Waals surface area contributed by atoms with E-state index in [4.69, 9.17) is 4.42 Å². The molecule has 0 spiro atoms. The summed E-state index contributed by atoms with van der Waals surface area (Å²) in [6, 6.07) is 11.3. The molecule has 2 rings (SSSR count). The lowest BCUT2D eigenvalue weighted by Gasteiger charge is -2.35. The van der Waals surface area contributed by atoms with Gasteiger partial charge in [-0.1, -0.05) is 52.1 Å². The molecule has 1 amide bonds. The molecule has 0 saturated carbocycles. The summed E-state index contributed by atoms with van der Waals surface area (Å²) in [5.41, 5.74) is 1.45. The topological polar surface area (TPSA) is 42.2 Å². The molecule has 0 aliphatic heterocycles. The summed E-state index contributed by atoms with van der Waals surface area (Å²) in [4.78, 5) is 12.5. The van der Waals surface area contributed by atoms with Crippen LogP contribution in [0.25, 0.3) is 0 Å². The van der Waals surface area contributed by atoms with Crippen molar-refractivity contribution in [3.8, 4) is 0 Å². The number of amides is 1. The van der Waals surface area contributed by atoms with Crippen molar-refractivity contribution in [2.75, 3.05) is 5.32 Å². The molecule has 0 saturated heterocycles. The third-order valence-electron chi connectivity index (χ3n) is 4.38. The Balaban J connectivity index is 2.31. The van der Waals surface area contributed by atoms with Crippen molar-refractivity contribution >= 4 is 25.1 Å². The number of rotatable bonds is 3. The molecule has 112 valence electrons. The average Bonchev–Trinajstić information content (AvgIpc) is 2.88. The summed E-state index contributed by atoms with van der Waals surface area (Å²) < 4.78 is 5.72. The second-order valence-corrected chi connectivity index (χ2v) is 12.1. The minimum Gasteiger partial charge on any atom is -0.474 e. The first-order valence-electron chi connectivity index (χ1n) is 7.18. The Morgan fingerprint density at radius 1 is 1.10 bits per heavy atom. The predicted molar refractivity (Wildman–Crippen MR) is 89.9 cm³/mol. The molecule has 0 radical (unpaired) electrons. The largest absolute Gasteiger partial charge is 0.474 e. The monoisotopic (exact) mass is 301 g/mol. The van der Waals surface area contributed by atoms with Crippen LogP contribution in [0, 0.1) is 0 Å². The molecule has 1 aromatic heterocycles. The zero-order valence-corrected chi connectivity index (χ0v) is 14.4. The maximum Gasteiger partial charge on any atom is 0.258 e. The van der Waals surface area contributed by atoms with Gasteiger partial charge in [0.1, 0.15) is 8.07 Å². The van der Waals surface area contributed by atoms with Crippen molar-refractivity contribution in [3.63, 3.8) is 0 Å². The van der Waals surface area contributed by atoms with Gasteiger partial charge in [0.15, 0.2) is 0 Å². The van der Waals surface area contributed by atoms with Gasteiger partial charge in [-0.05, 0) is 23.2 Å². The summed E-state index contributed by atoms with van der Waals surface area (Å²) >= 11 is 0. The van der Waals surface area contributed by atoms with Crippen LogP contribution < -0.4 is 10.7 Å². The highest BCUT2D eigenvalue weighted by Gasteiger charge is 2.42. The summed E-state index contributed by atoms with van der Waals surface area (Å²) in [5.74, 6) is -0.102. The standard InChI is InChI=1S/C17H23NO2Si/c1-17(2,3)21(4,5)16-14(11-12-20-16)15(19)18-13-9-7-6-8-10-13/h6-12H,1-5H3,(H,18,19). The van der Waals surface area contributed by atoms with E-state index < -0.39 is 8.07 Å². The van der Waals surface area contributed by atoms with E-state index in [0.717, 1.165) is 11.1 Å². The molecule has 1 heterocycles. The maximum absolute atomic E-state index is 12.5. The first-order chi connectivity index (χ1) is 9.73. The molecule has 3 nitrogen and oxygen atoms in total. The third kappa shape index (κ3) is 3.10. The Morgan fingerprint density at radius 3 is 2.29 bits per heavy atom. The van der Waals surface area contributed by atoms with Gasteiger partial charge < -0.3 is 9.73 Å². The van der Waals surface area contributed by atoms with Crippen molar-refractivity contribution in [3.05, 3.63) is 48.2 Å². The molecule has 0 unspecified atom stereocenters. The number of hydrogen-bond acceptors (Lipinski definition) is 2. The first-order valence-corrected chi connectivity index (χ1v) is 10.2. The quantitative estimate of drug-likeness (QED) is 0.861. The number of furan rings is 1. The molecule has 1 N–H and O–H groups in total. The summed E-state index contributed by atoms with van der Waals surface area (Å²) in [6.07, 6.45) is 1.62. The van der Waals surface area contributed by atoms with Gasteiger partial charge in [-0.3, -0.25) is 4.79 Å². The lowest BCUT2D eigenvalue weighted by molar-refractivity contribution is 0.102. The second-order valence-electron chi connectivity index (χ2n) is 6.86. The van der Waals surface area contributed by atoms with Crippen molar-refractivity contribution in [1.29, 1.82) is 0 Å². The Hall–Kier alpha value is -1.81. The van der Waals surface area contributed by atoms with Gasteiger partial charge in [0.2, 0.25) is 0 Å². The normalized spacial score (nSPS) is 12.2. The highest BCUT2D eigenvalue weighted by atomic mass is 28.3. The van der Waals surface area contributed by atoms with Gasteiger partial charge in [0.25, 0.3) is 5.91 Å². The maximum atomic E-state index is 12.5. The number of hydrogen-bond donors (Lipinski definition) is 1. The average molecular weight is 301 g/mol. The van der Waals surface area contributed by atoms with Crippen LogP contribution in [0.4, 0.5) is 5.69 Å². The fourth-order valence-electron chi connectivity index (χ4n) is 2.03. The molecule has 2 aromatic rings. The van der Waals surface area contributed by atoms with Crippen LogP contribution in [0.2, 0.25) is 18.1 Å². The molecular weight excluding hydrogens is 278 g/mol. The van der Waals surface area contributed by atoms with E-state index in [1.54, 1.807) is 12.3 Å². The Labute approximate surface area is 127 Å². The van der Waals surface area contributed by atoms with Crippen molar-refractivity contribution in [1.82, 2.24) is 0 Å². The zero-order valence-electron chi connectivity index (χ0n) is 13.4. The molecule has 0 bridgehead atoms. The van der Waals surface area contributed by atoms with Crippen molar-refractivity contribution in [2.45, 2.75) is 38.9 Å². The Kier molecular flexibility index (Phi) is 4.10. The Morgan fingerprint density at radius 2 is 1.71 bits per heavy atom. The number of carbonyl (C=O) groups is 1. The molecule has 4 heteroatoms. The molecule has 0 aliphatic rings. The van der Waals surface area contributed by atoms with E-state index in [1.807, 2.05) is 30.3 Å². The first kappa shape index (κ1) is 15.6. The van der Waals surface area contributed by atoms with E-state index >= 15 is 0 Å². The van der Waals surface area contributed by atoms with Crippen LogP contribution in [-0.2, 0) is 0 Å². The molecule has 0 fully saturated rings. The van der Waals surface area contributed by atoms with E-state index in [2.05, 4.69) is 39.2 Å². The van der Waals surface area contributed by atoms with Gasteiger partial charge in [0.05, 0.1) is 17.2 Å². The molecule has 0 atom stereocenters. The van der Waals surface area contributed by atoms with Gasteiger partial charge in [-0.2, -0.15) is 0 Å². The molecule has 1 aromatic carbocycles. The molecule has 21 heavy (non-hydrogen) atoms. The van der Waals surface area contributed by atoms with Crippen LogP contribution >= 0.6 is 0 Å². The number of nitrogens with one attached hydrogen (secondary N) is 1. The highest BCUT2D eigenvalue weighted by Crippen LogP contribution is 2.36. The lowest BCUT2D eigenvalue weighted by atomic mass is 10.2. The number of benzene rings is 1. The summed E-state index contributed by atoms with van der Waals surface area (Å²) in [5, 5.41) is 3.91. The van der Waals surface area contributed by atoms with Gasteiger partial charge in [-0.15, -0.1) is 0 Å². The number of carbonyl (C=O) groups excluding carboxylic acids is 1. The van der Waals surface area contributed by atoms with Crippen LogP contribution in [0.5, 0.6) is 0 Å². The van der Waals surface area contributed by atoms with Crippen molar-refractivity contribution < 1.29 is 9.21 Å². The van der Waals surface area contributed by atoms with E-state index in [9.17, 15) is 4.79 Å². The van der Waals surface area contributed by atoms with Gasteiger partial charge in [-0.25, -0.2) is 0 Å². The molecule has 0 aliphatic carbocycles. The van der Waals surface area contributed by atoms with Gasteiger partial charge in [0, 0.05) is 5.69 Å². The fraction of sp³-hybridized carbons (Fsp3) is 0.353. The minimum absolute atomic E-state index is 0.102. The highest BCUT2D eigenvalue weighted by molar-refractivity contribution is 6.91. The van der Waals surface area contributed by atoms with Crippen LogP contribution in [-0.4, -0.2) is 14.0 Å². The van der Waals surface area contributed by atoms with E-state index in [0.29, 0.717) is 5.56 Å². The molecular formula is C17H23NO2Si. The van der Waals surface area contributed by atoms with Crippen LogP contribution in [0.15, 0.2) is 47.1 Å². The lowest BCUT2D eigenvalue weighted by Crippen LogP contribution is -2.51. The second kappa shape index (κ2) is 5.52. The smallest absolute Gasteiger partial charge is 0.258 e. The zero-order chi connectivity index (χ0) is 15.7. The van der Waals surface area contributed by atoms with E-state index in [-0.39, 0.29) is 10.9 Å². The number of para-hydroxylation sites is 1. The SMILES string of the molecule is CC(C)(C)[Si](C)(C)c1occc1C(=O)Nc1ccccc1. The third-order valence-corrected chi connectivity index (χ3v) is 9.66. The number of anilines is 1. The van der Waals surface area contributed by atoms with Gasteiger partial charge >= 0.3 is 0 Å². The predicted octanol–water partition coefficient (Wildman–Crippen LogP) is 4.25. The van der Waals surface area contributed by atoms with Crippen LogP contribution in [0.3, 0.4) is 0 Å².